The summed E-state index contributed by atoms with van der Waals surface area (Å²) in [5.74, 6) is 5.86. The van der Waals surface area contributed by atoms with Crippen LogP contribution in [0.2, 0.25) is 0 Å². The fraction of sp³-hybridized carbons (Fsp3) is 0.351. The molecule has 238 valence electrons. The van der Waals surface area contributed by atoms with Crippen LogP contribution in [0.4, 0.5) is 0 Å². The average molecular weight is 620 g/mol. The minimum absolute atomic E-state index is 0.0466. The summed E-state index contributed by atoms with van der Waals surface area (Å²) in [5, 5.41) is 13.2. The van der Waals surface area contributed by atoms with Crippen LogP contribution < -0.4 is 0 Å². The van der Waals surface area contributed by atoms with E-state index in [0.717, 1.165) is 11.1 Å². The van der Waals surface area contributed by atoms with Crippen LogP contribution in [0.1, 0.15) is 49.7 Å². The van der Waals surface area contributed by atoms with E-state index in [0.29, 0.717) is 24.4 Å². The van der Waals surface area contributed by atoms with E-state index in [9.17, 15) is 19.5 Å². The molecule has 0 spiro atoms. The smallest absolute Gasteiger partial charge is 0.246 e. The number of carbonyl (C=O) groups excluding carboxylic acids is 3. The fourth-order valence-electron chi connectivity index (χ4n) is 5.85. The van der Waals surface area contributed by atoms with Gasteiger partial charge in [-0.05, 0) is 68.5 Å². The largest absolute Gasteiger partial charge is 0.508 e. The van der Waals surface area contributed by atoms with E-state index in [2.05, 4.69) is 18.4 Å². The van der Waals surface area contributed by atoms with E-state index in [-0.39, 0.29) is 61.4 Å². The topological polar surface area (TPSA) is 97.3 Å². The first-order chi connectivity index (χ1) is 22.0. The summed E-state index contributed by atoms with van der Waals surface area (Å²) in [6.07, 6.45) is 1.98. The van der Waals surface area contributed by atoms with Crippen LogP contribution in [0.3, 0.4) is 0 Å². The third kappa shape index (κ3) is 7.82. The summed E-state index contributed by atoms with van der Waals surface area (Å²) in [5.41, 5.74) is 2.92. The maximum atomic E-state index is 14.2. The van der Waals surface area contributed by atoms with Crippen LogP contribution in [-0.2, 0) is 33.8 Å². The Morgan fingerprint density at radius 3 is 2.46 bits per heavy atom. The standard InChI is InChI=1S/C37H41N5O4/c1-5-22-40-26-35(45)41-32(23-28-14-17-31(43)18-15-28)36(46)39(24-30-13-9-12-29(38-30)20-21-37(2,3)4)25-33(41)42(40)34(44)19-16-27-10-7-6-8-11-27/h5-15,17-18,32-33,43H,1,16,19,22-26H2,2-4H3/t32-,33?/m0/s1. The zero-order chi connectivity index (χ0) is 32.8. The molecule has 2 saturated heterocycles. The lowest BCUT2D eigenvalue weighted by atomic mass is 9.98. The third-order valence-electron chi connectivity index (χ3n) is 7.99. The van der Waals surface area contributed by atoms with E-state index in [1.165, 1.54) is 0 Å². The lowest BCUT2D eigenvalue weighted by Crippen LogP contribution is -2.75. The number of aromatic nitrogens is 1. The predicted molar refractivity (Wildman–Crippen MR) is 176 cm³/mol. The number of carbonyl (C=O) groups is 3. The van der Waals surface area contributed by atoms with Crippen molar-refractivity contribution in [2.24, 2.45) is 5.41 Å². The Labute approximate surface area is 271 Å². The van der Waals surface area contributed by atoms with Gasteiger partial charge in [0, 0.05) is 24.8 Å². The van der Waals surface area contributed by atoms with Crippen molar-refractivity contribution >= 4 is 17.7 Å². The van der Waals surface area contributed by atoms with Gasteiger partial charge in [0.1, 0.15) is 23.7 Å². The molecule has 5 rings (SSSR count). The van der Waals surface area contributed by atoms with Crippen LogP contribution in [-0.4, -0.2) is 79.5 Å². The molecule has 2 aliphatic heterocycles. The van der Waals surface area contributed by atoms with Crippen molar-refractivity contribution in [1.82, 2.24) is 24.8 Å². The highest BCUT2D eigenvalue weighted by Gasteiger charge is 2.51. The number of phenolic OH excluding ortho intramolecular Hbond substituents is 1. The van der Waals surface area contributed by atoms with Gasteiger partial charge >= 0.3 is 0 Å². The Kier molecular flexibility index (Phi) is 9.88. The van der Waals surface area contributed by atoms with Gasteiger partial charge in [-0.25, -0.2) is 15.0 Å². The van der Waals surface area contributed by atoms with Crippen molar-refractivity contribution in [1.29, 1.82) is 0 Å². The molecule has 1 N–H and O–H groups in total. The van der Waals surface area contributed by atoms with E-state index in [4.69, 9.17) is 4.98 Å². The molecular formula is C37H41N5O4. The fourth-order valence-corrected chi connectivity index (χ4v) is 5.85. The lowest BCUT2D eigenvalue weighted by Gasteiger charge is -2.55. The molecular weight excluding hydrogens is 578 g/mol. The third-order valence-corrected chi connectivity index (χ3v) is 7.99. The second kappa shape index (κ2) is 14.0. The number of fused-ring (bicyclic) bond motifs is 1. The number of benzene rings is 2. The number of phenols is 1. The van der Waals surface area contributed by atoms with Crippen LogP contribution in [0.5, 0.6) is 5.75 Å². The molecule has 46 heavy (non-hydrogen) atoms. The molecule has 0 radical (unpaired) electrons. The second-order valence-electron chi connectivity index (χ2n) is 12.8. The van der Waals surface area contributed by atoms with Crippen LogP contribution >= 0.6 is 0 Å². The summed E-state index contributed by atoms with van der Waals surface area (Å²) in [6, 6.07) is 21.2. The van der Waals surface area contributed by atoms with Gasteiger partial charge in [-0.15, -0.1) is 6.58 Å². The second-order valence-corrected chi connectivity index (χ2v) is 12.8. The molecule has 3 heterocycles. The Bertz CT molecular complexity index is 1640. The quantitative estimate of drug-likeness (QED) is 0.285. The number of hydrogen-bond acceptors (Lipinski definition) is 6. The number of hydrogen-bond donors (Lipinski definition) is 1. The molecule has 2 aromatic carbocycles. The van der Waals surface area contributed by atoms with Crippen molar-refractivity contribution in [3.8, 4) is 17.6 Å². The van der Waals surface area contributed by atoms with Crippen LogP contribution in [0.25, 0.3) is 0 Å². The summed E-state index contributed by atoms with van der Waals surface area (Å²) >= 11 is 0. The zero-order valence-corrected chi connectivity index (χ0v) is 26.7. The monoisotopic (exact) mass is 619 g/mol. The average Bonchev–Trinajstić information content (AvgIpc) is 3.02. The van der Waals surface area contributed by atoms with E-state index < -0.39 is 12.2 Å². The number of piperazine rings is 1. The summed E-state index contributed by atoms with van der Waals surface area (Å²) in [7, 11) is 0. The number of aromatic hydroxyl groups is 1. The molecule has 9 nitrogen and oxygen atoms in total. The SMILES string of the molecule is C=CCN1CC(=O)N2C(CN(Cc3cccc(C#CC(C)(C)C)n3)C(=O)[C@@H]2Cc2ccc(O)cc2)N1C(=O)CCc1ccccc1. The van der Waals surface area contributed by atoms with Gasteiger partial charge in [0.2, 0.25) is 17.7 Å². The number of nitrogens with zero attached hydrogens (tertiary/aromatic N) is 5. The van der Waals surface area contributed by atoms with E-state index in [1.54, 1.807) is 50.2 Å². The maximum Gasteiger partial charge on any atom is 0.246 e. The minimum Gasteiger partial charge on any atom is -0.508 e. The first kappa shape index (κ1) is 32.5. The molecule has 1 aromatic heterocycles. The minimum atomic E-state index is -0.852. The molecule has 2 fully saturated rings. The van der Waals surface area contributed by atoms with Gasteiger partial charge in [0.25, 0.3) is 0 Å². The Morgan fingerprint density at radius 2 is 1.76 bits per heavy atom. The highest BCUT2D eigenvalue weighted by molar-refractivity contribution is 5.92. The highest BCUT2D eigenvalue weighted by Crippen LogP contribution is 2.30. The molecule has 3 amide bonds. The summed E-state index contributed by atoms with van der Waals surface area (Å²) in [6.45, 7) is 10.5. The van der Waals surface area contributed by atoms with Crippen molar-refractivity contribution in [2.45, 2.75) is 58.8 Å². The zero-order valence-electron chi connectivity index (χ0n) is 26.7. The predicted octanol–water partition coefficient (Wildman–Crippen LogP) is 4.17. The maximum absolute atomic E-state index is 14.2. The Hall–Kier alpha value is -4.94. The number of hydrazine groups is 1. The molecule has 9 heteroatoms. The van der Waals surface area contributed by atoms with E-state index >= 15 is 0 Å². The lowest BCUT2D eigenvalue weighted by molar-refractivity contribution is -0.205. The molecule has 1 unspecified atom stereocenters. The van der Waals surface area contributed by atoms with Crippen molar-refractivity contribution < 1.29 is 19.5 Å². The first-order valence-electron chi connectivity index (χ1n) is 15.6. The van der Waals surface area contributed by atoms with Gasteiger partial charge in [0.05, 0.1) is 25.3 Å². The molecule has 2 atom stereocenters. The van der Waals surface area contributed by atoms with Crippen molar-refractivity contribution in [3.05, 3.63) is 108 Å². The van der Waals surface area contributed by atoms with E-state index in [1.807, 2.05) is 69.3 Å². The Morgan fingerprint density at radius 1 is 1.02 bits per heavy atom. The van der Waals surface area contributed by atoms with Crippen molar-refractivity contribution in [2.75, 3.05) is 19.6 Å². The molecule has 2 aliphatic rings. The van der Waals surface area contributed by atoms with Crippen molar-refractivity contribution in [3.63, 3.8) is 0 Å². The van der Waals surface area contributed by atoms with Crippen LogP contribution in [0.15, 0.2) is 85.5 Å². The van der Waals surface area contributed by atoms with Gasteiger partial charge in [-0.3, -0.25) is 14.4 Å². The number of aryl methyl sites for hydroxylation is 1. The molecule has 0 aliphatic carbocycles. The molecule has 0 saturated carbocycles. The molecule has 3 aromatic rings. The normalized spacial score (nSPS) is 18.5. The van der Waals surface area contributed by atoms with Crippen LogP contribution in [0, 0.1) is 17.3 Å². The van der Waals surface area contributed by atoms with Gasteiger partial charge < -0.3 is 14.9 Å². The highest BCUT2D eigenvalue weighted by atomic mass is 16.3. The first-order valence-corrected chi connectivity index (χ1v) is 15.6. The number of pyridine rings is 1. The van der Waals surface area contributed by atoms with Gasteiger partial charge in [0.15, 0.2) is 0 Å². The number of amides is 3. The van der Waals surface area contributed by atoms with Gasteiger partial charge in [-0.1, -0.05) is 60.5 Å². The summed E-state index contributed by atoms with van der Waals surface area (Å²) in [4.78, 5) is 50.1. The summed E-state index contributed by atoms with van der Waals surface area (Å²) < 4.78 is 0. The van der Waals surface area contributed by atoms with Gasteiger partial charge in [-0.2, -0.15) is 0 Å². The Balaban J connectivity index is 1.49. The number of rotatable bonds is 9. The molecule has 0 bridgehead atoms.